The van der Waals surface area contributed by atoms with Crippen LogP contribution >= 0.6 is 0 Å². The average molecular weight is 544 g/mol. The maximum absolute atomic E-state index is 15.6. The lowest BCUT2D eigenvalue weighted by atomic mass is 10.0. The van der Waals surface area contributed by atoms with Gasteiger partial charge >= 0.3 is 5.97 Å². The van der Waals surface area contributed by atoms with Crippen molar-refractivity contribution in [2.45, 2.75) is 49.7 Å². The van der Waals surface area contributed by atoms with Crippen LogP contribution in [0.3, 0.4) is 0 Å². The molecule has 3 aliphatic rings. The summed E-state index contributed by atoms with van der Waals surface area (Å²) in [5, 5.41) is 14.3. The number of hydrogen-bond acceptors (Lipinski definition) is 6. The van der Waals surface area contributed by atoms with Gasteiger partial charge in [-0.3, -0.25) is 9.59 Å². The number of hydrogen-bond donors (Lipinski definition) is 3. The lowest BCUT2D eigenvalue weighted by molar-refractivity contribution is -0.124. The smallest absolute Gasteiger partial charge is 0.341 e. The SMILES string of the molecule is COc1c(N2CCCC(=C(F)CNC(=O)C3([Si])CCCN3)C2)c(F)cc2c(=O)c(C(=O)O)cn(C3CC3)c12. The number of anilines is 1. The zero-order valence-electron chi connectivity index (χ0n) is 21.0. The Kier molecular flexibility index (Phi) is 7.03. The second kappa shape index (κ2) is 10.1. The van der Waals surface area contributed by atoms with Gasteiger partial charge < -0.3 is 29.9 Å². The summed E-state index contributed by atoms with van der Waals surface area (Å²) in [4.78, 5) is 38.8. The minimum atomic E-state index is -1.38. The van der Waals surface area contributed by atoms with Crippen LogP contribution in [0.2, 0.25) is 0 Å². The number of benzene rings is 1. The van der Waals surface area contributed by atoms with E-state index in [1.165, 1.54) is 13.3 Å². The molecule has 0 bridgehead atoms. The van der Waals surface area contributed by atoms with Crippen LogP contribution in [-0.2, 0) is 4.79 Å². The molecule has 1 saturated carbocycles. The first kappa shape index (κ1) is 26.4. The molecule has 12 heteroatoms. The van der Waals surface area contributed by atoms with Crippen molar-refractivity contribution in [1.29, 1.82) is 0 Å². The summed E-state index contributed by atoms with van der Waals surface area (Å²) in [6.45, 7) is 0.933. The summed E-state index contributed by atoms with van der Waals surface area (Å²) >= 11 is 0. The molecule has 1 amide bonds. The lowest BCUT2D eigenvalue weighted by Gasteiger charge is -2.33. The van der Waals surface area contributed by atoms with Crippen molar-refractivity contribution in [1.82, 2.24) is 15.2 Å². The Hall–Kier alpha value is -3.25. The highest BCUT2D eigenvalue weighted by atomic mass is 28.1. The van der Waals surface area contributed by atoms with Crippen molar-refractivity contribution in [2.24, 2.45) is 0 Å². The third-order valence-corrected chi connectivity index (χ3v) is 8.16. The minimum Gasteiger partial charge on any atom is -0.492 e. The molecule has 9 nitrogen and oxygen atoms in total. The molecule has 3 fully saturated rings. The molecule has 1 unspecified atom stereocenters. The molecule has 5 rings (SSSR count). The number of aromatic nitrogens is 1. The van der Waals surface area contributed by atoms with Crippen molar-refractivity contribution in [3.63, 3.8) is 0 Å². The second-order valence-corrected chi connectivity index (χ2v) is 11.0. The van der Waals surface area contributed by atoms with Gasteiger partial charge in [-0.1, -0.05) is 0 Å². The van der Waals surface area contributed by atoms with Crippen LogP contribution in [-0.4, -0.2) is 70.2 Å². The molecule has 0 spiro atoms. The minimum absolute atomic E-state index is 0.0202. The highest BCUT2D eigenvalue weighted by molar-refractivity contribution is 6.28. The van der Waals surface area contributed by atoms with Crippen LogP contribution in [0.5, 0.6) is 5.75 Å². The van der Waals surface area contributed by atoms with Crippen LogP contribution in [0.25, 0.3) is 10.9 Å². The summed E-state index contributed by atoms with van der Waals surface area (Å²) < 4.78 is 38.2. The van der Waals surface area contributed by atoms with Crippen molar-refractivity contribution < 1.29 is 28.2 Å². The summed E-state index contributed by atoms with van der Waals surface area (Å²) in [6, 6.07) is 1.03. The van der Waals surface area contributed by atoms with E-state index in [0.717, 1.165) is 25.3 Å². The number of pyridine rings is 1. The quantitative estimate of drug-likeness (QED) is 0.460. The monoisotopic (exact) mass is 543 g/mol. The van der Waals surface area contributed by atoms with Gasteiger partial charge in [0.15, 0.2) is 11.6 Å². The Morgan fingerprint density at radius 3 is 2.74 bits per heavy atom. The topological polar surface area (TPSA) is 113 Å². The number of ether oxygens (including phenoxy) is 1. The van der Waals surface area contributed by atoms with E-state index in [-0.39, 0.29) is 41.9 Å². The fourth-order valence-electron chi connectivity index (χ4n) is 5.38. The number of carboxylic acids is 1. The zero-order chi connectivity index (χ0) is 27.2. The number of carbonyl (C=O) groups is 2. The van der Waals surface area contributed by atoms with Crippen molar-refractivity contribution in [3.8, 4) is 5.75 Å². The van der Waals surface area contributed by atoms with Crippen LogP contribution < -0.4 is 25.7 Å². The number of aromatic carboxylic acids is 1. The highest BCUT2D eigenvalue weighted by Crippen LogP contribution is 2.44. The molecule has 3 heterocycles. The fraction of sp³-hybridized carbons (Fsp3) is 0.500. The molecule has 38 heavy (non-hydrogen) atoms. The van der Waals surface area contributed by atoms with Crippen molar-refractivity contribution in [3.05, 3.63) is 45.3 Å². The molecule has 3 N–H and O–H groups in total. The normalized spacial score (nSPS) is 23.0. The van der Waals surface area contributed by atoms with Gasteiger partial charge in [0.2, 0.25) is 11.3 Å². The van der Waals surface area contributed by atoms with Gasteiger partial charge in [-0.2, -0.15) is 0 Å². The van der Waals surface area contributed by atoms with Gasteiger partial charge in [-0.05, 0) is 56.7 Å². The molecule has 3 radical (unpaired) electrons. The van der Waals surface area contributed by atoms with Gasteiger partial charge in [-0.15, -0.1) is 0 Å². The van der Waals surface area contributed by atoms with Crippen LogP contribution in [0.4, 0.5) is 14.5 Å². The molecule has 2 aliphatic heterocycles. The molecule has 2 aromatic rings. The Morgan fingerprint density at radius 1 is 1.34 bits per heavy atom. The molecule has 1 aromatic carbocycles. The maximum atomic E-state index is 15.6. The van der Waals surface area contributed by atoms with E-state index in [9.17, 15) is 19.5 Å². The number of piperidine rings is 1. The number of methoxy groups -OCH3 is 1. The van der Waals surface area contributed by atoms with Crippen molar-refractivity contribution in [2.75, 3.05) is 38.2 Å². The average Bonchev–Trinajstić information content (AvgIpc) is 3.65. The Balaban J connectivity index is 1.49. The predicted octanol–water partition coefficient (Wildman–Crippen LogP) is 2.37. The fourth-order valence-corrected chi connectivity index (χ4v) is 5.77. The van der Waals surface area contributed by atoms with E-state index in [4.69, 9.17) is 4.74 Å². The van der Waals surface area contributed by atoms with Crippen molar-refractivity contribution >= 4 is 38.7 Å². The van der Waals surface area contributed by atoms with E-state index in [1.54, 1.807) is 9.47 Å². The Labute approximate surface area is 221 Å². The highest BCUT2D eigenvalue weighted by Gasteiger charge is 2.36. The number of fused-ring (bicyclic) bond motifs is 1. The number of rotatable bonds is 7. The molecule has 1 aliphatic carbocycles. The number of nitrogens with one attached hydrogen (secondary N) is 2. The van der Waals surface area contributed by atoms with Crippen LogP contribution in [0, 0.1) is 5.82 Å². The number of nitrogens with zero attached hydrogens (tertiary/aromatic N) is 2. The molecular weight excluding hydrogens is 514 g/mol. The lowest BCUT2D eigenvalue weighted by Crippen LogP contribution is -2.54. The molecule has 201 valence electrons. The first-order valence-electron chi connectivity index (χ1n) is 12.7. The van der Waals surface area contributed by atoms with E-state index in [2.05, 4.69) is 20.9 Å². The standard InChI is InChI=1S/C26H29F2N4O5Si/c1-37-23-20-16(22(33)17(24(34)35)13-32(20)15-5-6-15)10-18(27)21(23)31-9-2-4-14(12-31)19(28)11-29-25(36)26(38)7-3-8-30-26/h10,13,15,30H,2-9,11-12H2,1H3,(H,29,36)(H,34,35). The van der Waals surface area contributed by atoms with Crippen LogP contribution in [0.1, 0.15) is 54.9 Å². The number of amides is 1. The van der Waals surface area contributed by atoms with E-state index in [1.807, 2.05) is 0 Å². The third-order valence-electron chi connectivity index (χ3n) is 7.51. The van der Waals surface area contributed by atoms with Gasteiger partial charge in [-0.25, -0.2) is 13.6 Å². The van der Waals surface area contributed by atoms with E-state index < -0.39 is 33.8 Å². The summed E-state index contributed by atoms with van der Waals surface area (Å²) in [5.41, 5.74) is -0.336. The van der Waals surface area contributed by atoms with Gasteiger partial charge in [0.1, 0.15) is 17.1 Å². The first-order valence-corrected chi connectivity index (χ1v) is 13.2. The summed E-state index contributed by atoms with van der Waals surface area (Å²) in [5.74, 6) is -2.82. The summed E-state index contributed by atoms with van der Waals surface area (Å²) in [7, 11) is 4.82. The second-order valence-electron chi connectivity index (χ2n) is 10.1. The van der Waals surface area contributed by atoms with E-state index >= 15 is 8.78 Å². The Morgan fingerprint density at radius 2 is 2.11 bits per heavy atom. The molecule has 2 saturated heterocycles. The Bertz CT molecular complexity index is 1400. The molecular formula is C26H29F2N4O5Si. The number of halogens is 2. The van der Waals surface area contributed by atoms with Gasteiger partial charge in [0.05, 0.1) is 40.0 Å². The van der Waals surface area contributed by atoms with Gasteiger partial charge in [0, 0.05) is 25.3 Å². The first-order chi connectivity index (χ1) is 18.1. The summed E-state index contributed by atoms with van der Waals surface area (Å²) in [6.07, 6.45) is 5.34. The zero-order valence-corrected chi connectivity index (χ0v) is 22.0. The van der Waals surface area contributed by atoms with Crippen LogP contribution in [0.15, 0.2) is 28.5 Å². The predicted molar refractivity (Wildman–Crippen MR) is 138 cm³/mol. The maximum Gasteiger partial charge on any atom is 0.341 e. The van der Waals surface area contributed by atoms with Gasteiger partial charge in [0.25, 0.3) is 0 Å². The van der Waals surface area contributed by atoms with E-state index in [0.29, 0.717) is 43.4 Å². The molecule has 1 atom stereocenters. The largest absolute Gasteiger partial charge is 0.492 e. The third kappa shape index (κ3) is 4.71. The molecule has 1 aromatic heterocycles. The number of carboxylic acid groups (broad SMARTS) is 1. The number of carbonyl (C=O) groups excluding carboxylic acids is 1.